The lowest BCUT2D eigenvalue weighted by molar-refractivity contribution is -0.141. The molecule has 4 aromatic carbocycles. The maximum absolute atomic E-state index is 11.4. The predicted molar refractivity (Wildman–Crippen MR) is 247 cm³/mol. The topological polar surface area (TPSA) is 168 Å². The molecule has 0 aliphatic carbocycles. The zero-order valence-corrected chi connectivity index (χ0v) is 33.4. The van der Waals surface area contributed by atoms with Crippen molar-refractivity contribution in [3.05, 3.63) is 162 Å². The van der Waals surface area contributed by atoms with Crippen LogP contribution in [0.5, 0.6) is 0 Å². The van der Waals surface area contributed by atoms with Gasteiger partial charge < -0.3 is 25.3 Å². The molecule has 0 spiro atoms. The predicted octanol–water partition coefficient (Wildman–Crippen LogP) is 10.8. The zero-order valence-electron chi connectivity index (χ0n) is 33.4. The number of rotatable bonds is 12. The largest absolute Gasteiger partial charge is 0.496 e. The van der Waals surface area contributed by atoms with Crippen LogP contribution in [0.1, 0.15) is 29.2 Å². The van der Waals surface area contributed by atoms with Crippen molar-refractivity contribution in [2.75, 3.05) is 19.6 Å². The van der Waals surface area contributed by atoms with E-state index in [9.17, 15) is 24.9 Å². The second kappa shape index (κ2) is 17.2. The molecule has 0 fully saturated rings. The average Bonchev–Trinajstić information content (AvgIpc) is 4.13. The quantitative estimate of drug-likeness (QED) is 0.0600. The molecular weight excluding hydrogens is 777 g/mol. The Morgan fingerprint density at radius 3 is 1.27 bits per heavy atom. The molecule has 5 heterocycles. The maximum atomic E-state index is 11.4. The minimum atomic E-state index is -1.17. The van der Waals surface area contributed by atoms with Gasteiger partial charge in [0.2, 0.25) is 0 Å². The molecule has 7 aromatic rings. The van der Waals surface area contributed by atoms with Crippen molar-refractivity contribution in [2.45, 2.75) is 6.42 Å². The number of aromatic nitrogens is 4. The number of carbonyl (C=O) groups is 2. The molecule has 0 amide bonds. The third kappa shape index (κ3) is 8.20. The third-order valence-electron chi connectivity index (χ3n) is 10.7. The van der Waals surface area contributed by atoms with E-state index in [0.29, 0.717) is 16.9 Å². The van der Waals surface area contributed by atoms with Gasteiger partial charge in [0.25, 0.3) is 0 Å². The summed E-state index contributed by atoms with van der Waals surface area (Å²) >= 11 is 0. The molecule has 3 aromatic heterocycles. The van der Waals surface area contributed by atoms with Gasteiger partial charge in [0.1, 0.15) is 0 Å². The smallest absolute Gasteiger partial charge is 0.317 e. The molecule has 2 aliphatic heterocycles. The summed E-state index contributed by atoms with van der Waals surface area (Å²) in [6.45, 7) is -1.01. The molecule has 5 N–H and O–H groups in total. The average molecular weight is 817 g/mol. The van der Waals surface area contributed by atoms with E-state index in [1.54, 1.807) is 6.07 Å². The van der Waals surface area contributed by atoms with Crippen LogP contribution in [0.3, 0.4) is 0 Å². The van der Waals surface area contributed by atoms with Crippen LogP contribution in [0, 0.1) is 0 Å². The summed E-state index contributed by atoms with van der Waals surface area (Å²) in [5.41, 5.74) is 13.9. The summed E-state index contributed by atoms with van der Waals surface area (Å²) in [4.78, 5) is 46.9. The monoisotopic (exact) mass is 816 g/mol. The number of carboxylic acid groups (broad SMARTS) is 2. The summed E-state index contributed by atoms with van der Waals surface area (Å²) in [6, 6.07) is 46.2. The van der Waals surface area contributed by atoms with E-state index in [2.05, 4.69) is 75.6 Å². The second-order valence-corrected chi connectivity index (χ2v) is 14.9. The molecule has 62 heavy (non-hydrogen) atoms. The summed E-state index contributed by atoms with van der Waals surface area (Å²) in [7, 11) is 0. The van der Waals surface area contributed by atoms with Gasteiger partial charge in [-0.1, -0.05) is 109 Å². The summed E-state index contributed by atoms with van der Waals surface area (Å²) < 4.78 is 0. The number of aliphatic carboxylic acids is 2. The number of benzene rings is 4. The molecule has 8 bridgehead atoms. The highest BCUT2D eigenvalue weighted by molar-refractivity contribution is 6.01. The number of hydrogen-bond donors (Lipinski definition) is 5. The first-order chi connectivity index (χ1) is 30.3. The fraction of sp³-hybridized carbons (Fsp3) is 0.0784. The van der Waals surface area contributed by atoms with Crippen molar-refractivity contribution in [3.8, 4) is 44.5 Å². The van der Waals surface area contributed by atoms with E-state index in [-0.39, 0.29) is 18.9 Å². The first-order valence-electron chi connectivity index (χ1n) is 20.1. The first kappa shape index (κ1) is 39.3. The molecule has 9 rings (SSSR count). The SMILES string of the molecule is O=C(O)CN(CCC(O)=Nc1ccccc1-c1c2nc(c(-c3ccccc3)c3ccc([nH]3)c(-c3ccccc3)c3nc(c(-c4ccccc4)c4ccc1[nH]4)C=C3)C=C2)CC(=O)O. The van der Waals surface area contributed by atoms with E-state index < -0.39 is 25.0 Å². The van der Waals surface area contributed by atoms with E-state index in [1.165, 1.54) is 4.90 Å². The second-order valence-electron chi connectivity index (χ2n) is 14.9. The fourth-order valence-corrected chi connectivity index (χ4v) is 8.05. The van der Waals surface area contributed by atoms with Crippen molar-refractivity contribution in [2.24, 2.45) is 4.99 Å². The highest BCUT2D eigenvalue weighted by atomic mass is 16.4. The number of H-pyrrole nitrogens is 2. The number of aliphatic hydroxyl groups is 1. The first-order valence-corrected chi connectivity index (χ1v) is 20.1. The van der Waals surface area contributed by atoms with Gasteiger partial charge in [-0.2, -0.15) is 0 Å². The Bertz CT molecular complexity index is 3040. The van der Waals surface area contributed by atoms with Gasteiger partial charge in [-0.25, -0.2) is 15.0 Å². The number of fused-ring (bicyclic) bond motifs is 8. The van der Waals surface area contributed by atoms with Crippen molar-refractivity contribution in [3.63, 3.8) is 0 Å². The van der Waals surface area contributed by atoms with Crippen molar-refractivity contribution in [1.29, 1.82) is 0 Å². The number of nitrogens with zero attached hydrogens (tertiary/aromatic N) is 4. The number of aliphatic hydroxyl groups excluding tert-OH is 1. The van der Waals surface area contributed by atoms with Crippen LogP contribution in [0.2, 0.25) is 0 Å². The number of aromatic amines is 2. The van der Waals surface area contributed by atoms with Crippen molar-refractivity contribution >= 4 is 69.9 Å². The van der Waals surface area contributed by atoms with Crippen LogP contribution in [0.15, 0.2) is 145 Å². The number of para-hydroxylation sites is 1. The van der Waals surface area contributed by atoms with Crippen LogP contribution in [0.25, 0.3) is 90.9 Å². The highest BCUT2D eigenvalue weighted by Gasteiger charge is 2.21. The molecule has 304 valence electrons. The maximum Gasteiger partial charge on any atom is 0.317 e. The standard InChI is InChI=1S/C51H40N6O5/c58-45(28-29-57(30-46(59)60)31-47(61)62)56-36-19-11-10-18-35(36)51-43-26-24-41(54-43)49(33-14-6-2-7-15-33)39-22-20-37(52-39)48(32-12-4-1-5-13-32)38-21-23-40(53-38)50(34-16-8-3-9-17-34)42-25-27-44(51)55-42/h1-27,52,55H,28-31H2,(H,56,58)(H,59,60)(H,61,62). The Morgan fingerprint density at radius 2 is 0.855 bits per heavy atom. The van der Waals surface area contributed by atoms with Crippen LogP contribution in [-0.4, -0.2) is 77.6 Å². The number of hydrogen-bond acceptors (Lipinski definition) is 6. The van der Waals surface area contributed by atoms with Gasteiger partial charge in [-0.15, -0.1) is 0 Å². The molecule has 0 radical (unpaired) electrons. The Labute approximate surface area is 356 Å². The summed E-state index contributed by atoms with van der Waals surface area (Å²) in [6.07, 6.45) is 8.05. The molecule has 0 unspecified atom stereocenters. The zero-order chi connectivity index (χ0) is 42.6. The highest BCUT2D eigenvalue weighted by Crippen LogP contribution is 2.40. The minimum Gasteiger partial charge on any atom is -0.496 e. The Hall–Kier alpha value is -8.15. The number of aliphatic imine (C=N–C) groups is 1. The van der Waals surface area contributed by atoms with Crippen LogP contribution in [0.4, 0.5) is 5.69 Å². The number of carboxylic acids is 2. The molecule has 0 saturated carbocycles. The van der Waals surface area contributed by atoms with Crippen molar-refractivity contribution in [1.82, 2.24) is 24.8 Å². The summed E-state index contributed by atoms with van der Waals surface area (Å²) in [5.74, 6) is -2.61. The van der Waals surface area contributed by atoms with Gasteiger partial charge >= 0.3 is 11.9 Å². The lowest BCUT2D eigenvalue weighted by Gasteiger charge is -2.17. The van der Waals surface area contributed by atoms with Gasteiger partial charge in [0, 0.05) is 62.8 Å². The Morgan fingerprint density at radius 1 is 0.484 bits per heavy atom. The lowest BCUT2D eigenvalue weighted by Crippen LogP contribution is -2.36. The minimum absolute atomic E-state index is 0.0286. The van der Waals surface area contributed by atoms with Gasteiger partial charge in [0.05, 0.1) is 41.6 Å². The number of nitrogens with one attached hydrogen (secondary N) is 2. The van der Waals surface area contributed by atoms with E-state index >= 15 is 0 Å². The Balaban J connectivity index is 1.33. The lowest BCUT2D eigenvalue weighted by atomic mass is 10.0. The van der Waals surface area contributed by atoms with E-state index in [1.807, 2.05) is 97.1 Å². The third-order valence-corrected chi connectivity index (χ3v) is 10.7. The molecule has 11 nitrogen and oxygen atoms in total. The molecule has 0 saturated heterocycles. The van der Waals surface area contributed by atoms with E-state index in [0.717, 1.165) is 78.1 Å². The van der Waals surface area contributed by atoms with Crippen LogP contribution >= 0.6 is 0 Å². The molecule has 0 atom stereocenters. The van der Waals surface area contributed by atoms with Gasteiger partial charge in [0.15, 0.2) is 5.90 Å². The summed E-state index contributed by atoms with van der Waals surface area (Å²) in [5, 5.41) is 29.9. The van der Waals surface area contributed by atoms with Gasteiger partial charge in [-0.05, 0) is 71.3 Å². The molecule has 11 heteroatoms. The molecular formula is C51H40N6O5. The molecule has 2 aliphatic rings. The Kier molecular flexibility index (Phi) is 10.9. The fourth-order valence-electron chi connectivity index (χ4n) is 8.05. The van der Waals surface area contributed by atoms with Gasteiger partial charge in [-0.3, -0.25) is 14.5 Å². The normalized spacial score (nSPS) is 12.2. The van der Waals surface area contributed by atoms with E-state index in [4.69, 9.17) is 9.97 Å². The van der Waals surface area contributed by atoms with Crippen LogP contribution < -0.4 is 0 Å². The van der Waals surface area contributed by atoms with Crippen molar-refractivity contribution < 1.29 is 24.9 Å². The van der Waals surface area contributed by atoms with Crippen LogP contribution in [-0.2, 0) is 9.59 Å².